The summed E-state index contributed by atoms with van der Waals surface area (Å²) >= 11 is 0. The van der Waals surface area contributed by atoms with Crippen LogP contribution in [0, 0.1) is 5.82 Å². The van der Waals surface area contributed by atoms with Crippen molar-refractivity contribution in [2.45, 2.75) is 25.6 Å². The van der Waals surface area contributed by atoms with E-state index in [0.29, 0.717) is 42.5 Å². The topological polar surface area (TPSA) is 93.8 Å². The van der Waals surface area contributed by atoms with Gasteiger partial charge in [-0.25, -0.2) is 14.2 Å². The first-order chi connectivity index (χ1) is 16.5. The number of fused-ring (bicyclic) bond motifs is 1. The van der Waals surface area contributed by atoms with Gasteiger partial charge in [0.25, 0.3) is 0 Å². The third-order valence-electron chi connectivity index (χ3n) is 5.16. The minimum absolute atomic E-state index is 0.340. The Bertz CT molecular complexity index is 1210. The van der Waals surface area contributed by atoms with Crippen molar-refractivity contribution in [3.05, 3.63) is 90.1 Å². The number of nitrogens with one attached hydrogen (secondary N) is 1. The van der Waals surface area contributed by atoms with Crippen LogP contribution in [0.25, 0.3) is 11.1 Å². The van der Waals surface area contributed by atoms with E-state index in [2.05, 4.69) is 10.3 Å². The van der Waals surface area contributed by atoms with Crippen molar-refractivity contribution in [3.63, 3.8) is 0 Å². The fraction of sp³-hybridized carbons (Fsp3) is 0.231. The number of halogens is 1. The molecule has 176 valence electrons. The Morgan fingerprint density at radius 2 is 1.85 bits per heavy atom. The van der Waals surface area contributed by atoms with E-state index in [9.17, 15) is 9.18 Å². The second-order valence-corrected chi connectivity index (χ2v) is 7.78. The Hall–Kier alpha value is -3.91. The number of rotatable bonds is 11. The van der Waals surface area contributed by atoms with E-state index in [0.717, 1.165) is 11.1 Å². The first kappa shape index (κ1) is 23.3. The molecule has 34 heavy (non-hydrogen) atoms. The molecule has 2 N–H and O–H groups in total. The third kappa shape index (κ3) is 6.11. The minimum atomic E-state index is -1.02. The van der Waals surface area contributed by atoms with Gasteiger partial charge in [0, 0.05) is 6.54 Å². The first-order valence-electron chi connectivity index (χ1n) is 10.9. The van der Waals surface area contributed by atoms with Crippen LogP contribution in [-0.4, -0.2) is 35.3 Å². The Morgan fingerprint density at radius 3 is 2.62 bits per heavy atom. The van der Waals surface area contributed by atoms with Gasteiger partial charge in [0.1, 0.15) is 22.8 Å². The summed E-state index contributed by atoms with van der Waals surface area (Å²) in [5.74, 6) is 0.0895. The summed E-state index contributed by atoms with van der Waals surface area (Å²) in [6.45, 7) is 2.53. The number of carboxylic acid groups (broad SMARTS) is 1. The zero-order valence-corrected chi connectivity index (χ0v) is 18.6. The molecule has 3 aromatic carbocycles. The normalized spacial score (nSPS) is 12.9. The zero-order chi connectivity index (χ0) is 23.9. The number of ether oxygens (including phenoxy) is 2. The number of hydrogen-bond acceptors (Lipinski definition) is 6. The van der Waals surface area contributed by atoms with Gasteiger partial charge in [-0.15, -0.1) is 0 Å². The molecule has 0 aliphatic heterocycles. The van der Waals surface area contributed by atoms with Gasteiger partial charge < -0.3 is 24.3 Å². The lowest BCUT2D eigenvalue weighted by molar-refractivity contribution is -0.144. The minimum Gasteiger partial charge on any atom is -0.479 e. The van der Waals surface area contributed by atoms with Crippen molar-refractivity contribution >= 4 is 17.1 Å². The summed E-state index contributed by atoms with van der Waals surface area (Å²) in [6.07, 6.45) is -0.756. The standard InChI is InChI=1S/C26H25FN2O5/c1-17(26(30)31)32-21-6-4-5-18(15-21)13-14-28-16-24(33-20-11-9-19(27)10-12-20)25-29-22-7-2-3-8-23(22)34-25/h2-12,15,17,24,28H,13-14,16H2,1H3,(H,30,31). The molecular weight excluding hydrogens is 439 g/mol. The van der Waals surface area contributed by atoms with Crippen LogP contribution in [0.15, 0.2) is 77.2 Å². The smallest absolute Gasteiger partial charge is 0.344 e. The summed E-state index contributed by atoms with van der Waals surface area (Å²) in [7, 11) is 0. The lowest BCUT2D eigenvalue weighted by atomic mass is 10.1. The molecule has 0 bridgehead atoms. The quantitative estimate of drug-likeness (QED) is 0.309. The average molecular weight is 464 g/mol. The van der Waals surface area contributed by atoms with Gasteiger partial charge >= 0.3 is 5.97 Å². The highest BCUT2D eigenvalue weighted by Crippen LogP contribution is 2.25. The summed E-state index contributed by atoms with van der Waals surface area (Å²) in [6, 6.07) is 20.6. The molecular formula is C26H25FN2O5. The van der Waals surface area contributed by atoms with Crippen molar-refractivity contribution < 1.29 is 28.2 Å². The Labute approximate surface area is 196 Å². The van der Waals surface area contributed by atoms with Gasteiger partial charge in [0.05, 0.1) is 0 Å². The molecule has 0 spiro atoms. The largest absolute Gasteiger partial charge is 0.479 e. The van der Waals surface area contributed by atoms with Crippen molar-refractivity contribution in [1.29, 1.82) is 0 Å². The molecule has 1 heterocycles. The number of benzene rings is 3. The van der Waals surface area contributed by atoms with E-state index < -0.39 is 18.2 Å². The monoisotopic (exact) mass is 464 g/mol. The maximum absolute atomic E-state index is 13.3. The lowest BCUT2D eigenvalue weighted by Crippen LogP contribution is -2.27. The van der Waals surface area contributed by atoms with Gasteiger partial charge in [-0.05, 0) is 74.0 Å². The molecule has 8 heteroatoms. The Morgan fingerprint density at radius 1 is 1.06 bits per heavy atom. The predicted octanol–water partition coefficient (Wildman–Crippen LogP) is 4.77. The van der Waals surface area contributed by atoms with Crippen molar-refractivity contribution in [2.75, 3.05) is 13.1 Å². The number of hydrogen-bond donors (Lipinski definition) is 2. The van der Waals surface area contributed by atoms with E-state index in [4.69, 9.17) is 19.0 Å². The Balaban J connectivity index is 1.40. The average Bonchev–Trinajstić information content (AvgIpc) is 3.27. The molecule has 0 saturated heterocycles. The molecule has 0 amide bonds. The van der Waals surface area contributed by atoms with Gasteiger partial charge in [0.15, 0.2) is 17.8 Å². The molecule has 0 aliphatic carbocycles. The predicted molar refractivity (Wildman–Crippen MR) is 125 cm³/mol. The van der Waals surface area contributed by atoms with Crippen molar-refractivity contribution in [2.24, 2.45) is 0 Å². The number of aromatic nitrogens is 1. The van der Waals surface area contributed by atoms with Gasteiger partial charge in [0.2, 0.25) is 5.89 Å². The summed E-state index contributed by atoms with van der Waals surface area (Å²) in [5.41, 5.74) is 2.40. The number of para-hydroxylation sites is 2. The molecule has 7 nitrogen and oxygen atoms in total. The molecule has 4 aromatic rings. The van der Waals surface area contributed by atoms with Gasteiger partial charge in [-0.1, -0.05) is 24.3 Å². The van der Waals surface area contributed by atoms with Crippen molar-refractivity contribution in [1.82, 2.24) is 10.3 Å². The molecule has 0 aliphatic rings. The SMILES string of the molecule is CC(Oc1cccc(CCNCC(Oc2ccc(F)cc2)c2nc3ccccc3o2)c1)C(=O)O. The number of carbonyl (C=O) groups is 1. The van der Waals surface area contributed by atoms with Crippen LogP contribution in [-0.2, 0) is 11.2 Å². The zero-order valence-electron chi connectivity index (χ0n) is 18.6. The van der Waals surface area contributed by atoms with Crippen LogP contribution in [0.3, 0.4) is 0 Å². The maximum Gasteiger partial charge on any atom is 0.344 e. The third-order valence-corrected chi connectivity index (χ3v) is 5.16. The van der Waals surface area contributed by atoms with E-state index in [1.54, 1.807) is 18.2 Å². The molecule has 0 radical (unpaired) electrons. The summed E-state index contributed by atoms with van der Waals surface area (Å²) in [4.78, 5) is 15.6. The van der Waals surface area contributed by atoms with E-state index in [1.165, 1.54) is 19.1 Å². The second-order valence-electron chi connectivity index (χ2n) is 7.78. The number of nitrogens with zero attached hydrogens (tertiary/aromatic N) is 1. The fourth-order valence-corrected chi connectivity index (χ4v) is 3.38. The van der Waals surface area contributed by atoms with E-state index in [-0.39, 0.29) is 5.82 Å². The Kier molecular flexibility index (Phi) is 7.39. The summed E-state index contributed by atoms with van der Waals surface area (Å²) in [5, 5.41) is 12.4. The van der Waals surface area contributed by atoms with Gasteiger partial charge in [-0.2, -0.15) is 0 Å². The van der Waals surface area contributed by atoms with Crippen LogP contribution < -0.4 is 14.8 Å². The molecule has 0 saturated carbocycles. The molecule has 2 atom stereocenters. The molecule has 1 aromatic heterocycles. The number of oxazole rings is 1. The molecule has 4 rings (SSSR count). The van der Waals surface area contributed by atoms with Crippen LogP contribution in [0.4, 0.5) is 4.39 Å². The molecule has 2 unspecified atom stereocenters. The van der Waals surface area contributed by atoms with Gasteiger partial charge in [-0.3, -0.25) is 0 Å². The number of carboxylic acids is 1. The van der Waals surface area contributed by atoms with Crippen LogP contribution in [0.2, 0.25) is 0 Å². The summed E-state index contributed by atoms with van der Waals surface area (Å²) < 4.78 is 30.7. The lowest BCUT2D eigenvalue weighted by Gasteiger charge is -2.17. The van der Waals surface area contributed by atoms with Crippen LogP contribution in [0.1, 0.15) is 24.5 Å². The highest BCUT2D eigenvalue weighted by Gasteiger charge is 2.20. The highest BCUT2D eigenvalue weighted by atomic mass is 19.1. The fourth-order valence-electron chi connectivity index (χ4n) is 3.38. The second kappa shape index (κ2) is 10.8. The first-order valence-corrected chi connectivity index (χ1v) is 10.9. The van der Waals surface area contributed by atoms with Crippen LogP contribution in [0.5, 0.6) is 11.5 Å². The van der Waals surface area contributed by atoms with Crippen LogP contribution >= 0.6 is 0 Å². The highest BCUT2D eigenvalue weighted by molar-refractivity contribution is 5.72. The van der Waals surface area contributed by atoms with E-state index >= 15 is 0 Å². The molecule has 0 fully saturated rings. The van der Waals surface area contributed by atoms with E-state index in [1.807, 2.05) is 42.5 Å². The maximum atomic E-state index is 13.3. The number of aliphatic carboxylic acids is 1. The van der Waals surface area contributed by atoms with Crippen molar-refractivity contribution in [3.8, 4) is 11.5 Å².